The molecule has 0 aromatic carbocycles. The average Bonchev–Trinajstić information content (AvgIpc) is 2.95. The molecule has 0 aromatic rings. The van der Waals surface area contributed by atoms with Gasteiger partial charge in [-0.05, 0) is 73.7 Å². The molecule has 2 unspecified atom stereocenters. The van der Waals surface area contributed by atoms with Gasteiger partial charge < -0.3 is 15.0 Å². The van der Waals surface area contributed by atoms with Crippen LogP contribution in [0.5, 0.6) is 0 Å². The molecule has 3 nitrogen and oxygen atoms in total. The molecule has 3 heteroatoms. The minimum atomic E-state index is -0.625. The maximum atomic E-state index is 11.0. The quantitative estimate of drug-likeness (QED) is 0.580. The molecule has 0 saturated heterocycles. The smallest absolute Gasteiger partial charge is 0.120 e. The number of hydrogen-bond donors (Lipinski definition) is 2. The van der Waals surface area contributed by atoms with Crippen LogP contribution in [0.4, 0.5) is 0 Å². The van der Waals surface area contributed by atoms with Crippen molar-refractivity contribution in [2.75, 3.05) is 0 Å². The van der Waals surface area contributed by atoms with Crippen LogP contribution in [0.2, 0.25) is 0 Å². The largest absolute Gasteiger partial charge is 0.388 e. The zero-order valence-electron chi connectivity index (χ0n) is 16.3. The van der Waals surface area contributed by atoms with E-state index in [9.17, 15) is 15.0 Å². The fourth-order valence-corrected chi connectivity index (χ4v) is 5.96. The number of fused-ring (bicyclic) bond motifs is 1. The Balaban J connectivity index is 1.77. The Kier molecular flexibility index (Phi) is 5.88. The third-order valence-electron chi connectivity index (χ3n) is 7.49. The van der Waals surface area contributed by atoms with Gasteiger partial charge >= 0.3 is 0 Å². The van der Waals surface area contributed by atoms with Gasteiger partial charge in [0.05, 0.1) is 12.2 Å². The molecule has 144 valence electrons. The maximum absolute atomic E-state index is 11.0. The van der Waals surface area contributed by atoms with Crippen molar-refractivity contribution in [1.29, 1.82) is 0 Å². The van der Waals surface area contributed by atoms with Crippen molar-refractivity contribution in [3.63, 3.8) is 0 Å². The monoisotopic (exact) mass is 358 g/mol. The van der Waals surface area contributed by atoms with Gasteiger partial charge in [0.2, 0.25) is 0 Å². The van der Waals surface area contributed by atoms with Crippen LogP contribution in [0.3, 0.4) is 0 Å². The third kappa shape index (κ3) is 3.61. The SMILES string of the molecule is C=C1[C@H](O)CC(=C/C=C2\CCC[C@@]3(C)C2CCC3[C@H](C)CC=O)C[C@H]1O. The minimum absolute atomic E-state index is 0.310. The highest BCUT2D eigenvalue weighted by Crippen LogP contribution is 2.59. The molecule has 3 rings (SSSR count). The fourth-order valence-electron chi connectivity index (χ4n) is 5.96. The molecule has 0 aliphatic heterocycles. The van der Waals surface area contributed by atoms with Gasteiger partial charge in [-0.2, -0.15) is 0 Å². The molecule has 3 aliphatic rings. The second-order valence-corrected chi connectivity index (χ2v) is 9.06. The van der Waals surface area contributed by atoms with E-state index in [0.29, 0.717) is 48.0 Å². The van der Waals surface area contributed by atoms with Crippen molar-refractivity contribution >= 4 is 6.29 Å². The summed E-state index contributed by atoms with van der Waals surface area (Å²) in [5.74, 6) is 1.71. The van der Waals surface area contributed by atoms with E-state index in [4.69, 9.17) is 0 Å². The highest BCUT2D eigenvalue weighted by atomic mass is 16.3. The van der Waals surface area contributed by atoms with E-state index < -0.39 is 12.2 Å². The van der Waals surface area contributed by atoms with Crippen LogP contribution in [0, 0.1) is 23.2 Å². The second kappa shape index (κ2) is 7.82. The van der Waals surface area contributed by atoms with Crippen LogP contribution in [-0.4, -0.2) is 28.7 Å². The summed E-state index contributed by atoms with van der Waals surface area (Å²) in [5.41, 5.74) is 3.49. The summed E-state index contributed by atoms with van der Waals surface area (Å²) in [5, 5.41) is 20.1. The lowest BCUT2D eigenvalue weighted by molar-refractivity contribution is -0.109. The first-order chi connectivity index (χ1) is 12.4. The zero-order valence-corrected chi connectivity index (χ0v) is 16.3. The molecule has 0 amide bonds. The van der Waals surface area contributed by atoms with E-state index in [-0.39, 0.29) is 0 Å². The second-order valence-electron chi connectivity index (χ2n) is 9.06. The summed E-state index contributed by atoms with van der Waals surface area (Å²) in [6.45, 7) is 8.47. The van der Waals surface area contributed by atoms with Gasteiger partial charge in [-0.15, -0.1) is 0 Å². The van der Waals surface area contributed by atoms with Crippen molar-refractivity contribution in [3.8, 4) is 0 Å². The first-order valence-corrected chi connectivity index (χ1v) is 10.2. The van der Waals surface area contributed by atoms with E-state index in [0.717, 1.165) is 18.3 Å². The molecule has 0 heterocycles. The summed E-state index contributed by atoms with van der Waals surface area (Å²) >= 11 is 0. The lowest BCUT2D eigenvalue weighted by atomic mass is 9.61. The van der Waals surface area contributed by atoms with Gasteiger partial charge in [0.1, 0.15) is 6.29 Å². The van der Waals surface area contributed by atoms with Gasteiger partial charge in [-0.1, -0.05) is 43.7 Å². The molecule has 26 heavy (non-hydrogen) atoms. The van der Waals surface area contributed by atoms with Crippen LogP contribution in [0.15, 0.2) is 35.5 Å². The summed E-state index contributed by atoms with van der Waals surface area (Å²) in [6, 6.07) is 0. The van der Waals surface area contributed by atoms with E-state index in [2.05, 4.69) is 32.6 Å². The number of rotatable bonds is 4. The summed E-state index contributed by atoms with van der Waals surface area (Å²) < 4.78 is 0. The number of allylic oxidation sites excluding steroid dienone is 3. The lowest BCUT2D eigenvalue weighted by Gasteiger charge is -2.44. The molecule has 3 fully saturated rings. The van der Waals surface area contributed by atoms with E-state index >= 15 is 0 Å². The molecule has 0 spiro atoms. The van der Waals surface area contributed by atoms with E-state index in [1.54, 1.807) is 0 Å². The Morgan fingerprint density at radius 2 is 1.92 bits per heavy atom. The molecule has 3 saturated carbocycles. The summed E-state index contributed by atoms with van der Waals surface area (Å²) in [6.07, 6.45) is 12.2. The van der Waals surface area contributed by atoms with E-state index in [1.807, 2.05) is 0 Å². The molecule has 3 aliphatic carbocycles. The van der Waals surface area contributed by atoms with Gasteiger partial charge in [-0.3, -0.25) is 0 Å². The van der Waals surface area contributed by atoms with Crippen LogP contribution in [0.1, 0.15) is 65.2 Å². The van der Waals surface area contributed by atoms with Gasteiger partial charge in [0, 0.05) is 6.42 Å². The Labute approximate surface area is 157 Å². The molecule has 0 bridgehead atoms. The Morgan fingerprint density at radius 1 is 1.23 bits per heavy atom. The number of aliphatic hydroxyl groups excluding tert-OH is 2. The highest BCUT2D eigenvalue weighted by molar-refractivity contribution is 5.49. The number of aliphatic hydroxyl groups is 2. The van der Waals surface area contributed by atoms with Crippen molar-refractivity contribution < 1.29 is 15.0 Å². The van der Waals surface area contributed by atoms with Crippen LogP contribution < -0.4 is 0 Å². The first-order valence-electron chi connectivity index (χ1n) is 10.2. The molecule has 6 atom stereocenters. The van der Waals surface area contributed by atoms with Crippen LogP contribution in [-0.2, 0) is 4.79 Å². The van der Waals surface area contributed by atoms with Crippen molar-refractivity contribution in [2.24, 2.45) is 23.2 Å². The van der Waals surface area contributed by atoms with Gasteiger partial charge in [-0.25, -0.2) is 0 Å². The predicted molar refractivity (Wildman–Crippen MR) is 105 cm³/mol. The van der Waals surface area contributed by atoms with Gasteiger partial charge in [0.15, 0.2) is 0 Å². The first kappa shape index (κ1) is 19.6. The Morgan fingerprint density at radius 3 is 2.58 bits per heavy atom. The number of carbonyl (C=O) groups is 1. The summed E-state index contributed by atoms with van der Waals surface area (Å²) in [7, 11) is 0. The Hall–Kier alpha value is -1.19. The average molecular weight is 359 g/mol. The molecule has 2 N–H and O–H groups in total. The molecule has 0 aromatic heterocycles. The molecular weight excluding hydrogens is 324 g/mol. The van der Waals surface area contributed by atoms with Crippen LogP contribution in [0.25, 0.3) is 0 Å². The van der Waals surface area contributed by atoms with Crippen molar-refractivity contribution in [2.45, 2.75) is 77.4 Å². The predicted octanol–water partition coefficient (Wildman–Crippen LogP) is 4.35. The maximum Gasteiger partial charge on any atom is 0.120 e. The van der Waals surface area contributed by atoms with E-state index in [1.165, 1.54) is 31.3 Å². The zero-order chi connectivity index (χ0) is 18.9. The molecular formula is C23H34O3. The highest BCUT2D eigenvalue weighted by Gasteiger charge is 2.50. The topological polar surface area (TPSA) is 57.5 Å². The molecule has 0 radical (unpaired) electrons. The normalized spacial score (nSPS) is 40.4. The van der Waals surface area contributed by atoms with Crippen molar-refractivity contribution in [1.82, 2.24) is 0 Å². The Bertz CT molecular complexity index is 601. The number of aldehydes is 1. The van der Waals surface area contributed by atoms with Crippen LogP contribution >= 0.6 is 0 Å². The lowest BCUT2D eigenvalue weighted by Crippen LogP contribution is -2.36. The van der Waals surface area contributed by atoms with Crippen molar-refractivity contribution in [3.05, 3.63) is 35.5 Å². The van der Waals surface area contributed by atoms with Gasteiger partial charge in [0.25, 0.3) is 0 Å². The number of carbonyl (C=O) groups excluding carboxylic acids is 1. The minimum Gasteiger partial charge on any atom is -0.388 e. The summed E-state index contributed by atoms with van der Waals surface area (Å²) in [4.78, 5) is 11.0. The standard InChI is InChI=1S/C23H34O3/c1-15(10-12-24)19-8-9-20-18(5-4-11-23(19,20)3)7-6-17-13-21(25)16(2)22(26)14-17/h6-7,12,15,19-22,25-26H,2,4-5,8-11,13-14H2,1,3H3/b18-7+/t15-,19?,20?,21-,22-,23-/m1/s1. The third-order valence-corrected chi connectivity index (χ3v) is 7.49. The number of hydrogen-bond acceptors (Lipinski definition) is 3. The fraction of sp³-hybridized carbons (Fsp3) is 0.696.